The molecule has 0 aromatic heterocycles. The minimum Gasteiger partial charge on any atom is -0.464 e. The van der Waals surface area contributed by atoms with Crippen molar-refractivity contribution >= 4 is 18.2 Å². The normalized spacial score (nSPS) is 16.7. The Labute approximate surface area is 178 Å². The van der Waals surface area contributed by atoms with E-state index in [1.165, 1.54) is 20.8 Å². The highest BCUT2D eigenvalue weighted by atomic mass is 19.4. The molecule has 1 aromatic carbocycles. The number of halogens is 6. The second-order valence-electron chi connectivity index (χ2n) is 6.14. The van der Waals surface area contributed by atoms with Crippen molar-refractivity contribution in [3.8, 4) is 0 Å². The van der Waals surface area contributed by atoms with Gasteiger partial charge in [-0.15, -0.1) is 5.10 Å². The zero-order chi connectivity index (χ0) is 24.3. The summed E-state index contributed by atoms with van der Waals surface area (Å²) in [5, 5.41) is 4.16. The molecule has 1 unspecified atom stereocenters. The third kappa shape index (κ3) is 5.34. The van der Waals surface area contributed by atoms with Crippen molar-refractivity contribution < 1.29 is 50.1 Å². The topological polar surface area (TPSA) is 80.7 Å². The monoisotopic (exact) mass is 471 g/mol. The van der Waals surface area contributed by atoms with Crippen LogP contribution >= 0.6 is 0 Å². The third-order valence-electron chi connectivity index (χ3n) is 3.98. The third-order valence-corrected chi connectivity index (χ3v) is 3.98. The predicted octanol–water partition coefficient (Wildman–Crippen LogP) is 4.96. The van der Waals surface area contributed by atoms with Crippen LogP contribution in [-0.4, -0.2) is 47.9 Å². The largest absolute Gasteiger partial charge is 0.464 e. The van der Waals surface area contributed by atoms with Crippen molar-refractivity contribution in [2.24, 2.45) is 5.10 Å². The van der Waals surface area contributed by atoms with E-state index in [1.54, 1.807) is 0 Å². The van der Waals surface area contributed by atoms with Crippen molar-refractivity contribution in [2.45, 2.75) is 39.3 Å². The summed E-state index contributed by atoms with van der Waals surface area (Å²) in [7, 11) is 0. The smallest absolute Gasteiger partial charge is 0.432 e. The number of benzene rings is 1. The van der Waals surface area contributed by atoms with E-state index >= 15 is 0 Å². The summed E-state index contributed by atoms with van der Waals surface area (Å²) in [6.07, 6.45) is -14.6. The SMILES string of the molecule is CCOC(=O)N1N=C(OCC)N(C(=O)OCC)C1c1cc(C(F)(F)F)cc(C(F)(F)F)c1. The fraction of sp³-hybridized carbons (Fsp3) is 0.500. The van der Waals surface area contributed by atoms with E-state index in [0.717, 1.165) is 0 Å². The molecule has 8 nitrogen and oxygen atoms in total. The van der Waals surface area contributed by atoms with Gasteiger partial charge in [-0.25, -0.2) is 14.5 Å². The van der Waals surface area contributed by atoms with Crippen LogP contribution in [0, 0.1) is 0 Å². The lowest BCUT2D eigenvalue weighted by atomic mass is 10.0. The minimum atomic E-state index is -5.15. The fourth-order valence-corrected chi connectivity index (χ4v) is 2.76. The van der Waals surface area contributed by atoms with Crippen LogP contribution in [0.25, 0.3) is 0 Å². The molecule has 2 amide bonds. The standard InChI is InChI=1S/C18H19F6N3O5/c1-4-30-14-25-27(16(29)32-6-3)13(26(14)15(28)31-5-2)10-7-11(17(19,20)21)9-12(8-10)18(22,23)24/h7-9,13H,4-6H2,1-3H3. The van der Waals surface area contributed by atoms with Gasteiger partial charge in [0.1, 0.15) is 0 Å². The number of ether oxygens (including phenoxy) is 3. The maximum absolute atomic E-state index is 13.3. The number of alkyl halides is 6. The van der Waals surface area contributed by atoms with Gasteiger partial charge in [0.25, 0.3) is 0 Å². The Hall–Kier alpha value is -3.19. The summed E-state index contributed by atoms with van der Waals surface area (Å²) in [6, 6.07) is 0.118. The quantitative estimate of drug-likeness (QED) is 0.580. The van der Waals surface area contributed by atoms with Gasteiger partial charge < -0.3 is 14.2 Å². The van der Waals surface area contributed by atoms with E-state index in [4.69, 9.17) is 14.2 Å². The van der Waals surface area contributed by atoms with Crippen LogP contribution in [0.1, 0.15) is 43.6 Å². The molecule has 0 radical (unpaired) electrons. The molecule has 1 aromatic rings. The molecular weight excluding hydrogens is 452 g/mol. The molecule has 1 aliphatic rings. The average molecular weight is 471 g/mol. The molecule has 1 atom stereocenters. The lowest BCUT2D eigenvalue weighted by molar-refractivity contribution is -0.143. The van der Waals surface area contributed by atoms with Crippen molar-refractivity contribution in [1.29, 1.82) is 0 Å². The average Bonchev–Trinajstić information content (AvgIpc) is 3.06. The molecule has 0 spiro atoms. The first-order valence-corrected chi connectivity index (χ1v) is 9.27. The number of hydrogen-bond acceptors (Lipinski definition) is 6. The van der Waals surface area contributed by atoms with E-state index in [0.29, 0.717) is 22.0 Å². The second kappa shape index (κ2) is 9.53. The first kappa shape index (κ1) is 25.1. The van der Waals surface area contributed by atoms with Gasteiger partial charge in [-0.05, 0) is 44.5 Å². The van der Waals surface area contributed by atoms with Gasteiger partial charge >= 0.3 is 30.6 Å². The highest BCUT2D eigenvalue weighted by Crippen LogP contribution is 2.41. The zero-order valence-electron chi connectivity index (χ0n) is 17.1. The molecule has 0 N–H and O–H groups in total. The van der Waals surface area contributed by atoms with Crippen LogP contribution < -0.4 is 0 Å². The Balaban J connectivity index is 2.74. The van der Waals surface area contributed by atoms with Crippen LogP contribution in [0.3, 0.4) is 0 Å². The number of amidine groups is 1. The van der Waals surface area contributed by atoms with Crippen LogP contribution in [-0.2, 0) is 26.6 Å². The van der Waals surface area contributed by atoms with Crippen LogP contribution in [0.4, 0.5) is 35.9 Å². The molecule has 14 heteroatoms. The molecule has 0 saturated heterocycles. The number of rotatable bonds is 4. The Morgan fingerprint density at radius 1 is 0.875 bits per heavy atom. The summed E-state index contributed by atoms with van der Waals surface area (Å²) in [6.45, 7) is 3.88. The summed E-state index contributed by atoms with van der Waals surface area (Å²) < 4.78 is 94.9. The first-order valence-electron chi connectivity index (χ1n) is 9.27. The van der Waals surface area contributed by atoms with Gasteiger partial charge in [0.2, 0.25) is 0 Å². The van der Waals surface area contributed by atoms with Crippen molar-refractivity contribution in [1.82, 2.24) is 9.91 Å². The van der Waals surface area contributed by atoms with E-state index in [2.05, 4.69) is 5.10 Å². The summed E-state index contributed by atoms with van der Waals surface area (Å²) in [5.41, 5.74) is -3.99. The van der Waals surface area contributed by atoms with Crippen LogP contribution in [0.5, 0.6) is 0 Å². The van der Waals surface area contributed by atoms with Gasteiger partial charge in [0.05, 0.1) is 30.9 Å². The van der Waals surface area contributed by atoms with E-state index < -0.39 is 53.4 Å². The van der Waals surface area contributed by atoms with Crippen molar-refractivity contribution in [3.05, 3.63) is 34.9 Å². The van der Waals surface area contributed by atoms with Gasteiger partial charge in [-0.3, -0.25) is 0 Å². The summed E-state index contributed by atoms with van der Waals surface area (Å²) in [4.78, 5) is 25.5. The van der Waals surface area contributed by atoms with Gasteiger partial charge in [0.15, 0.2) is 6.17 Å². The number of carbonyl (C=O) groups is 2. The highest BCUT2D eigenvalue weighted by molar-refractivity contribution is 5.94. The lowest BCUT2D eigenvalue weighted by Crippen LogP contribution is -2.42. The van der Waals surface area contributed by atoms with E-state index in [-0.39, 0.29) is 25.9 Å². The molecule has 0 aliphatic carbocycles. The Morgan fingerprint density at radius 2 is 1.38 bits per heavy atom. The molecule has 1 aliphatic heterocycles. The molecule has 0 saturated carbocycles. The van der Waals surface area contributed by atoms with Gasteiger partial charge in [0, 0.05) is 0 Å². The first-order chi connectivity index (χ1) is 14.8. The zero-order valence-corrected chi connectivity index (χ0v) is 17.1. The molecule has 0 fully saturated rings. The number of nitrogens with zero attached hydrogens (tertiary/aromatic N) is 3. The Morgan fingerprint density at radius 3 is 1.81 bits per heavy atom. The van der Waals surface area contributed by atoms with Crippen molar-refractivity contribution in [2.75, 3.05) is 19.8 Å². The molecular formula is C18H19F6N3O5. The second-order valence-corrected chi connectivity index (χ2v) is 6.14. The van der Waals surface area contributed by atoms with Crippen LogP contribution in [0.15, 0.2) is 23.3 Å². The number of hydrazone groups is 1. The molecule has 0 bridgehead atoms. The molecule has 1 heterocycles. The van der Waals surface area contributed by atoms with Crippen molar-refractivity contribution in [3.63, 3.8) is 0 Å². The molecule has 178 valence electrons. The lowest BCUT2D eigenvalue weighted by Gasteiger charge is -2.28. The molecule has 2 rings (SSSR count). The van der Waals surface area contributed by atoms with Gasteiger partial charge in [-0.2, -0.15) is 31.4 Å². The summed E-state index contributed by atoms with van der Waals surface area (Å²) >= 11 is 0. The number of carbonyl (C=O) groups excluding carboxylic acids is 2. The number of amides is 2. The molecule has 32 heavy (non-hydrogen) atoms. The van der Waals surface area contributed by atoms with E-state index in [9.17, 15) is 35.9 Å². The highest BCUT2D eigenvalue weighted by Gasteiger charge is 2.47. The van der Waals surface area contributed by atoms with E-state index in [1.807, 2.05) is 0 Å². The Kier molecular flexibility index (Phi) is 7.46. The maximum atomic E-state index is 13.3. The minimum absolute atomic E-state index is 0.0772. The number of hydrogen-bond donors (Lipinski definition) is 0. The fourth-order valence-electron chi connectivity index (χ4n) is 2.76. The van der Waals surface area contributed by atoms with Gasteiger partial charge in [-0.1, -0.05) is 0 Å². The Bertz CT molecular complexity index is 855. The predicted molar refractivity (Wildman–Crippen MR) is 96.0 cm³/mol. The summed E-state index contributed by atoms with van der Waals surface area (Å²) in [5.74, 6) is 0. The van der Waals surface area contributed by atoms with Crippen LogP contribution in [0.2, 0.25) is 0 Å². The maximum Gasteiger partial charge on any atom is 0.432 e.